The average Bonchev–Trinajstić information content (AvgIpc) is 3.28. The van der Waals surface area contributed by atoms with Crippen LogP contribution in [0.1, 0.15) is 278 Å². The van der Waals surface area contributed by atoms with Crippen LogP contribution < -0.4 is 0 Å². The van der Waals surface area contributed by atoms with Crippen molar-refractivity contribution in [1.82, 2.24) is 0 Å². The van der Waals surface area contributed by atoms with Gasteiger partial charge in [0, 0.05) is 19.3 Å². The zero-order valence-corrected chi connectivity index (χ0v) is 41.8. The van der Waals surface area contributed by atoms with Gasteiger partial charge in [-0.15, -0.1) is 0 Å². The Morgan fingerprint density at radius 2 is 0.556 bits per heavy atom. The fraction of sp³-hybridized carbons (Fsp3) is 0.807. The van der Waals surface area contributed by atoms with Gasteiger partial charge in [-0.3, -0.25) is 14.4 Å². The lowest BCUT2D eigenvalue weighted by Gasteiger charge is -2.18. The number of carbonyl (C=O) groups excluding carboxylic acids is 3. The lowest BCUT2D eigenvalue weighted by molar-refractivity contribution is -0.167. The second-order valence-corrected chi connectivity index (χ2v) is 18.2. The van der Waals surface area contributed by atoms with E-state index in [0.717, 1.165) is 83.5 Å². The molecular weight excluding hydrogens is 781 g/mol. The summed E-state index contributed by atoms with van der Waals surface area (Å²) in [4.78, 5) is 38.0. The van der Waals surface area contributed by atoms with Crippen LogP contribution in [0.25, 0.3) is 0 Å². The van der Waals surface area contributed by atoms with Crippen LogP contribution in [0.4, 0.5) is 0 Å². The minimum Gasteiger partial charge on any atom is -0.462 e. The molecule has 0 aromatic carbocycles. The van der Waals surface area contributed by atoms with Gasteiger partial charge in [-0.1, -0.05) is 236 Å². The smallest absolute Gasteiger partial charge is 0.306 e. The molecule has 0 spiro atoms. The molecular formula is C57H102O6. The number of ether oxygens (including phenoxy) is 3. The van der Waals surface area contributed by atoms with Crippen LogP contribution in [0, 0.1) is 0 Å². The maximum atomic E-state index is 12.8. The largest absolute Gasteiger partial charge is 0.462 e. The van der Waals surface area contributed by atoms with E-state index in [4.69, 9.17) is 14.2 Å². The molecule has 0 saturated heterocycles. The fourth-order valence-electron chi connectivity index (χ4n) is 7.72. The Morgan fingerprint density at radius 3 is 0.889 bits per heavy atom. The molecule has 0 heterocycles. The maximum absolute atomic E-state index is 12.8. The summed E-state index contributed by atoms with van der Waals surface area (Å²) in [6.07, 6.45) is 62.3. The molecule has 0 N–H and O–H groups in total. The Labute approximate surface area is 390 Å². The second kappa shape index (κ2) is 52.0. The van der Waals surface area contributed by atoms with Gasteiger partial charge in [-0.25, -0.2) is 0 Å². The topological polar surface area (TPSA) is 78.9 Å². The van der Waals surface area contributed by atoms with E-state index < -0.39 is 6.10 Å². The highest BCUT2D eigenvalue weighted by Gasteiger charge is 2.19. The summed E-state index contributed by atoms with van der Waals surface area (Å²) in [5, 5.41) is 0. The first-order chi connectivity index (χ1) is 31.0. The Morgan fingerprint density at radius 1 is 0.317 bits per heavy atom. The Hall–Kier alpha value is -2.63. The highest BCUT2D eigenvalue weighted by Crippen LogP contribution is 2.15. The molecule has 0 aliphatic carbocycles. The van der Waals surface area contributed by atoms with Crippen LogP contribution >= 0.6 is 0 Å². The molecule has 0 fully saturated rings. The molecule has 6 nitrogen and oxygen atoms in total. The summed E-state index contributed by atoms with van der Waals surface area (Å²) in [5.74, 6) is -0.913. The normalized spacial score (nSPS) is 12.4. The molecule has 63 heavy (non-hydrogen) atoms. The minimum atomic E-state index is -0.787. The molecule has 366 valence electrons. The molecule has 0 saturated carbocycles. The SMILES string of the molecule is CCCCC/C=C\C=C/CCCCCCCCC(=O)OC(COC(=O)CCCCC/C=C\C=C/CCCCCCCCC)COC(=O)CCCCCCCCCCCCCCCC. The summed E-state index contributed by atoms with van der Waals surface area (Å²) < 4.78 is 16.8. The molecule has 0 radical (unpaired) electrons. The monoisotopic (exact) mass is 883 g/mol. The predicted molar refractivity (Wildman–Crippen MR) is 270 cm³/mol. The van der Waals surface area contributed by atoms with E-state index >= 15 is 0 Å². The molecule has 1 unspecified atom stereocenters. The fourth-order valence-corrected chi connectivity index (χ4v) is 7.72. The molecule has 0 amide bonds. The van der Waals surface area contributed by atoms with Gasteiger partial charge in [-0.05, 0) is 70.6 Å². The number of esters is 3. The van der Waals surface area contributed by atoms with Gasteiger partial charge in [0.15, 0.2) is 6.10 Å². The first-order valence-electron chi connectivity index (χ1n) is 27.2. The highest BCUT2D eigenvalue weighted by atomic mass is 16.6. The number of carbonyl (C=O) groups is 3. The van der Waals surface area contributed by atoms with Crippen molar-refractivity contribution in [1.29, 1.82) is 0 Å². The second-order valence-electron chi connectivity index (χ2n) is 18.2. The number of hydrogen-bond donors (Lipinski definition) is 0. The van der Waals surface area contributed by atoms with Crippen LogP contribution in [0.15, 0.2) is 48.6 Å². The van der Waals surface area contributed by atoms with Crippen molar-refractivity contribution in [3.8, 4) is 0 Å². The van der Waals surface area contributed by atoms with Crippen LogP contribution in [0.3, 0.4) is 0 Å². The van der Waals surface area contributed by atoms with E-state index in [0.29, 0.717) is 19.3 Å². The van der Waals surface area contributed by atoms with Crippen molar-refractivity contribution in [3.63, 3.8) is 0 Å². The van der Waals surface area contributed by atoms with Crippen LogP contribution in [0.5, 0.6) is 0 Å². The third-order valence-corrected chi connectivity index (χ3v) is 11.9. The Bertz CT molecular complexity index is 1110. The van der Waals surface area contributed by atoms with E-state index in [1.165, 1.54) is 154 Å². The lowest BCUT2D eigenvalue weighted by Crippen LogP contribution is -2.30. The van der Waals surface area contributed by atoms with E-state index in [2.05, 4.69) is 69.4 Å². The summed E-state index contributed by atoms with van der Waals surface area (Å²) in [6, 6.07) is 0. The molecule has 0 aliphatic heterocycles. The summed E-state index contributed by atoms with van der Waals surface area (Å²) in [6.45, 7) is 6.59. The van der Waals surface area contributed by atoms with E-state index in [9.17, 15) is 14.4 Å². The highest BCUT2D eigenvalue weighted by molar-refractivity contribution is 5.71. The minimum absolute atomic E-state index is 0.0839. The molecule has 0 aromatic heterocycles. The molecule has 0 rings (SSSR count). The Kier molecular flexibility index (Phi) is 49.8. The number of unbranched alkanes of at least 4 members (excludes halogenated alkanes) is 32. The van der Waals surface area contributed by atoms with E-state index in [-0.39, 0.29) is 31.1 Å². The van der Waals surface area contributed by atoms with Gasteiger partial charge >= 0.3 is 17.9 Å². The van der Waals surface area contributed by atoms with E-state index in [1.54, 1.807) is 0 Å². The van der Waals surface area contributed by atoms with Crippen LogP contribution in [-0.2, 0) is 28.6 Å². The van der Waals surface area contributed by atoms with Crippen molar-refractivity contribution in [3.05, 3.63) is 48.6 Å². The number of hydrogen-bond acceptors (Lipinski definition) is 6. The summed E-state index contributed by atoms with van der Waals surface area (Å²) >= 11 is 0. The van der Waals surface area contributed by atoms with Crippen LogP contribution in [0.2, 0.25) is 0 Å². The molecule has 0 aliphatic rings. The molecule has 0 bridgehead atoms. The summed E-state index contributed by atoms with van der Waals surface area (Å²) in [7, 11) is 0. The lowest BCUT2D eigenvalue weighted by atomic mass is 10.0. The Balaban J connectivity index is 4.42. The molecule has 1 atom stereocenters. The van der Waals surface area contributed by atoms with Crippen LogP contribution in [-0.4, -0.2) is 37.2 Å². The van der Waals surface area contributed by atoms with Crippen molar-refractivity contribution >= 4 is 17.9 Å². The zero-order valence-electron chi connectivity index (χ0n) is 41.8. The van der Waals surface area contributed by atoms with Gasteiger partial charge in [0.2, 0.25) is 0 Å². The van der Waals surface area contributed by atoms with E-state index in [1.807, 2.05) is 0 Å². The third kappa shape index (κ3) is 50.2. The average molecular weight is 883 g/mol. The first-order valence-corrected chi connectivity index (χ1v) is 27.2. The van der Waals surface area contributed by atoms with Gasteiger partial charge in [-0.2, -0.15) is 0 Å². The summed E-state index contributed by atoms with van der Waals surface area (Å²) in [5.41, 5.74) is 0. The maximum Gasteiger partial charge on any atom is 0.306 e. The molecule has 0 aromatic rings. The molecule has 6 heteroatoms. The van der Waals surface area contributed by atoms with Crippen molar-refractivity contribution in [2.24, 2.45) is 0 Å². The van der Waals surface area contributed by atoms with Crippen molar-refractivity contribution in [2.45, 2.75) is 284 Å². The van der Waals surface area contributed by atoms with Crippen molar-refractivity contribution in [2.75, 3.05) is 13.2 Å². The van der Waals surface area contributed by atoms with Gasteiger partial charge in [0.25, 0.3) is 0 Å². The quantitative estimate of drug-likeness (QED) is 0.0262. The zero-order chi connectivity index (χ0) is 45.8. The number of allylic oxidation sites excluding steroid dienone is 8. The number of rotatable bonds is 49. The van der Waals surface area contributed by atoms with Gasteiger partial charge < -0.3 is 14.2 Å². The van der Waals surface area contributed by atoms with Gasteiger partial charge in [0.05, 0.1) is 0 Å². The first kappa shape index (κ1) is 60.4. The van der Waals surface area contributed by atoms with Crippen molar-refractivity contribution < 1.29 is 28.6 Å². The predicted octanol–water partition coefficient (Wildman–Crippen LogP) is 17.9. The third-order valence-electron chi connectivity index (χ3n) is 11.9. The van der Waals surface area contributed by atoms with Gasteiger partial charge in [0.1, 0.15) is 13.2 Å². The standard InChI is InChI=1S/C57H102O6/c1-4-7-10-13-16-19-22-25-28-30-32-35-38-41-44-47-50-56(59)62-53-54(52-61-55(58)49-46-43-40-37-34-31-27-24-21-18-15-12-9-6-3)63-57(60)51-48-45-42-39-36-33-29-26-23-20-17-14-11-8-5-2/h17,20,23,26,28,30,32,35,54H,4-16,18-19,21-22,24-25,27,29,31,33-34,36-53H2,1-3H3/b20-17-,26-23-,30-28-,35-32-.